The van der Waals surface area contributed by atoms with Crippen molar-refractivity contribution in [2.75, 3.05) is 47.5 Å². The molecular weight excluding hydrogens is 450 g/mol. The number of amides is 2. The monoisotopic (exact) mass is 479 g/mol. The van der Waals surface area contributed by atoms with Crippen molar-refractivity contribution < 1.29 is 24.2 Å². The molecule has 174 valence electrons. The minimum Gasteiger partial charge on any atom is -0.499 e. The molecule has 2 aliphatic heterocycles. The average molecular weight is 480 g/mol. The number of likely N-dealkylation sites (N-methyl/N-ethyl adjacent to an activating group) is 1. The Balaban J connectivity index is 1.49. The Morgan fingerprint density at radius 1 is 1.22 bits per heavy atom. The van der Waals surface area contributed by atoms with E-state index in [1.807, 2.05) is 11.0 Å². The van der Waals surface area contributed by atoms with Crippen LogP contribution in [0.4, 0.5) is 0 Å². The van der Waals surface area contributed by atoms with Crippen molar-refractivity contribution in [3.8, 4) is 5.06 Å². The summed E-state index contributed by atoms with van der Waals surface area (Å²) in [5.74, 6) is -0.264. The topological polar surface area (TPSA) is 91.3 Å². The second kappa shape index (κ2) is 9.88. The van der Waals surface area contributed by atoms with Crippen molar-refractivity contribution in [3.05, 3.63) is 38.4 Å². The highest BCUT2D eigenvalue weighted by Crippen LogP contribution is 2.34. The second-order valence-corrected chi connectivity index (χ2v) is 10.5. The van der Waals surface area contributed by atoms with Crippen molar-refractivity contribution in [2.24, 2.45) is 0 Å². The van der Waals surface area contributed by atoms with Crippen molar-refractivity contribution in [1.29, 1.82) is 0 Å². The van der Waals surface area contributed by atoms with Gasteiger partial charge in [0, 0.05) is 44.8 Å². The van der Waals surface area contributed by atoms with Gasteiger partial charge in [0.1, 0.15) is 0 Å². The van der Waals surface area contributed by atoms with Gasteiger partial charge in [0.05, 0.1) is 28.5 Å². The largest absolute Gasteiger partial charge is 0.499 e. The molecule has 32 heavy (non-hydrogen) atoms. The molecule has 0 radical (unpaired) electrons. The van der Waals surface area contributed by atoms with E-state index in [1.165, 1.54) is 10.9 Å². The summed E-state index contributed by atoms with van der Waals surface area (Å²) in [6.45, 7) is 2.57. The number of methoxy groups -OCH3 is 2. The van der Waals surface area contributed by atoms with Crippen LogP contribution in [0.25, 0.3) is 0 Å². The van der Waals surface area contributed by atoms with E-state index >= 15 is 0 Å². The minimum atomic E-state index is -0.236. The minimum absolute atomic E-state index is 0.0288. The molecule has 3 unspecified atom stereocenters. The van der Waals surface area contributed by atoms with Crippen LogP contribution in [0.15, 0.2) is 18.2 Å². The molecule has 8 nitrogen and oxygen atoms in total. The SMILES string of the molecule is COCC1CC(NC(=O)c2ccc(O)s2)CN1C(=O)c1cc2c(s1)CCN(C)CC2OC. The van der Waals surface area contributed by atoms with E-state index in [9.17, 15) is 14.7 Å². The van der Waals surface area contributed by atoms with Crippen LogP contribution in [0.1, 0.15) is 42.3 Å². The smallest absolute Gasteiger partial charge is 0.264 e. The first-order valence-electron chi connectivity index (χ1n) is 10.6. The van der Waals surface area contributed by atoms with Gasteiger partial charge in [-0.3, -0.25) is 9.59 Å². The van der Waals surface area contributed by atoms with Crippen LogP contribution in [-0.2, 0) is 15.9 Å². The molecule has 0 aromatic carbocycles. The molecule has 0 aliphatic carbocycles. The van der Waals surface area contributed by atoms with E-state index in [2.05, 4.69) is 17.3 Å². The van der Waals surface area contributed by atoms with Gasteiger partial charge in [0.25, 0.3) is 11.8 Å². The fraction of sp³-hybridized carbons (Fsp3) is 0.545. The fourth-order valence-electron chi connectivity index (χ4n) is 4.45. The van der Waals surface area contributed by atoms with Gasteiger partial charge in [-0.25, -0.2) is 0 Å². The molecule has 2 N–H and O–H groups in total. The molecular formula is C22H29N3O5S2. The molecule has 0 saturated carbocycles. The van der Waals surface area contributed by atoms with E-state index in [1.54, 1.807) is 31.6 Å². The number of aromatic hydroxyl groups is 1. The van der Waals surface area contributed by atoms with Crippen LogP contribution in [0.5, 0.6) is 5.06 Å². The molecule has 10 heteroatoms. The second-order valence-electron chi connectivity index (χ2n) is 8.34. The number of thiophene rings is 2. The number of ether oxygens (including phenoxy) is 2. The summed E-state index contributed by atoms with van der Waals surface area (Å²) in [5.41, 5.74) is 1.11. The highest BCUT2D eigenvalue weighted by atomic mass is 32.1. The van der Waals surface area contributed by atoms with E-state index in [0.29, 0.717) is 29.3 Å². The molecule has 2 aromatic rings. The van der Waals surface area contributed by atoms with E-state index < -0.39 is 0 Å². The van der Waals surface area contributed by atoms with Crippen molar-refractivity contribution in [2.45, 2.75) is 31.0 Å². The highest BCUT2D eigenvalue weighted by Gasteiger charge is 2.38. The number of nitrogens with one attached hydrogen (secondary N) is 1. The Bertz CT molecular complexity index is 975. The number of hydrogen-bond donors (Lipinski definition) is 2. The molecule has 2 amide bonds. The fourth-order valence-corrected chi connectivity index (χ4v) is 6.26. The lowest BCUT2D eigenvalue weighted by Crippen LogP contribution is -2.40. The molecule has 4 rings (SSSR count). The molecule has 0 bridgehead atoms. The van der Waals surface area contributed by atoms with Gasteiger partial charge in [-0.05, 0) is 43.7 Å². The Morgan fingerprint density at radius 3 is 2.72 bits per heavy atom. The van der Waals surface area contributed by atoms with Gasteiger partial charge in [0.15, 0.2) is 5.06 Å². The molecule has 2 aliphatic rings. The number of carbonyl (C=O) groups is 2. The molecule has 2 aromatic heterocycles. The zero-order valence-corrected chi connectivity index (χ0v) is 20.1. The molecule has 3 atom stereocenters. The number of rotatable bonds is 6. The average Bonchev–Trinajstić information content (AvgIpc) is 3.47. The van der Waals surface area contributed by atoms with Crippen LogP contribution < -0.4 is 5.32 Å². The van der Waals surface area contributed by atoms with E-state index in [4.69, 9.17) is 9.47 Å². The summed E-state index contributed by atoms with van der Waals surface area (Å²) in [6, 6.07) is 4.81. The molecule has 1 saturated heterocycles. The Morgan fingerprint density at radius 2 is 2.03 bits per heavy atom. The Kier molecular flexibility index (Phi) is 7.16. The Labute approximate surface area is 195 Å². The molecule has 0 spiro atoms. The van der Waals surface area contributed by atoms with Gasteiger partial charge in [-0.15, -0.1) is 11.3 Å². The van der Waals surface area contributed by atoms with Crippen LogP contribution in [0, 0.1) is 0 Å². The summed E-state index contributed by atoms with van der Waals surface area (Å²) < 4.78 is 11.1. The van der Waals surface area contributed by atoms with Crippen LogP contribution in [0.2, 0.25) is 0 Å². The maximum absolute atomic E-state index is 13.5. The van der Waals surface area contributed by atoms with E-state index in [-0.39, 0.29) is 35.1 Å². The number of hydrogen-bond acceptors (Lipinski definition) is 8. The number of carbonyl (C=O) groups excluding carboxylic acids is 2. The van der Waals surface area contributed by atoms with Gasteiger partial charge < -0.3 is 29.7 Å². The maximum atomic E-state index is 13.5. The predicted molar refractivity (Wildman–Crippen MR) is 124 cm³/mol. The normalized spacial score (nSPS) is 23.7. The van der Waals surface area contributed by atoms with Crippen molar-refractivity contribution >= 4 is 34.5 Å². The maximum Gasteiger partial charge on any atom is 0.264 e. The van der Waals surface area contributed by atoms with Gasteiger partial charge >= 0.3 is 0 Å². The summed E-state index contributed by atoms with van der Waals surface area (Å²) >= 11 is 2.59. The van der Waals surface area contributed by atoms with Crippen LogP contribution >= 0.6 is 22.7 Å². The zero-order chi connectivity index (χ0) is 22.8. The first-order chi connectivity index (χ1) is 15.4. The van der Waals surface area contributed by atoms with Crippen molar-refractivity contribution in [3.63, 3.8) is 0 Å². The third-order valence-electron chi connectivity index (χ3n) is 6.07. The van der Waals surface area contributed by atoms with Crippen molar-refractivity contribution in [1.82, 2.24) is 15.1 Å². The first kappa shape index (κ1) is 23.2. The molecule has 4 heterocycles. The van der Waals surface area contributed by atoms with Gasteiger partial charge in [0.2, 0.25) is 0 Å². The number of fused-ring (bicyclic) bond motifs is 1. The lowest BCUT2D eigenvalue weighted by atomic mass is 10.1. The summed E-state index contributed by atoms with van der Waals surface area (Å²) in [7, 11) is 5.42. The third kappa shape index (κ3) is 4.84. The highest BCUT2D eigenvalue weighted by molar-refractivity contribution is 7.15. The zero-order valence-electron chi connectivity index (χ0n) is 18.5. The van der Waals surface area contributed by atoms with Crippen LogP contribution in [0.3, 0.4) is 0 Å². The predicted octanol–water partition coefficient (Wildman–Crippen LogP) is 2.35. The Hall–Kier alpha value is -1.98. The number of likely N-dealkylation sites (tertiary alicyclic amines) is 1. The summed E-state index contributed by atoms with van der Waals surface area (Å²) in [5, 5.41) is 12.6. The number of nitrogens with zero attached hydrogens (tertiary/aromatic N) is 2. The third-order valence-corrected chi connectivity index (χ3v) is 8.15. The van der Waals surface area contributed by atoms with Gasteiger partial charge in [-0.1, -0.05) is 11.3 Å². The lowest BCUT2D eigenvalue weighted by molar-refractivity contribution is 0.0631. The summed E-state index contributed by atoms with van der Waals surface area (Å²) in [6.07, 6.45) is 1.48. The lowest BCUT2D eigenvalue weighted by Gasteiger charge is -2.23. The quantitative estimate of drug-likeness (QED) is 0.661. The standard InChI is InChI=1S/C22H29N3O5S2/c1-24-7-6-17-15(16(11-24)30-3)9-19(31-17)22(28)25-10-13(8-14(25)12-29-2)23-21(27)18-4-5-20(26)32-18/h4-5,9,13-14,16,26H,6-8,10-12H2,1-3H3,(H,23,27). The first-order valence-corrected chi connectivity index (χ1v) is 12.3. The molecule has 1 fully saturated rings. The van der Waals surface area contributed by atoms with Crippen LogP contribution in [-0.4, -0.2) is 86.3 Å². The van der Waals surface area contributed by atoms with Gasteiger partial charge in [-0.2, -0.15) is 0 Å². The summed E-state index contributed by atoms with van der Waals surface area (Å²) in [4.78, 5) is 32.4. The van der Waals surface area contributed by atoms with E-state index in [0.717, 1.165) is 36.4 Å².